The minimum Gasteiger partial charge on any atom is -0.393 e. The highest BCUT2D eigenvalue weighted by Gasteiger charge is 2.39. The molecule has 66 valence electrons. The van der Waals surface area contributed by atoms with Crippen molar-refractivity contribution in [2.24, 2.45) is 5.41 Å². The topological polar surface area (TPSA) is 40.5 Å². The van der Waals surface area contributed by atoms with Crippen LogP contribution in [0.15, 0.2) is 0 Å². The van der Waals surface area contributed by atoms with Gasteiger partial charge < -0.3 is 10.2 Å². The Morgan fingerprint density at radius 2 is 1.73 bits per heavy atom. The van der Waals surface area contributed by atoms with Gasteiger partial charge in [-0.1, -0.05) is 13.8 Å². The van der Waals surface area contributed by atoms with Gasteiger partial charge in [0.05, 0.1) is 11.7 Å². The molecule has 0 heterocycles. The summed E-state index contributed by atoms with van der Waals surface area (Å²) < 4.78 is 0. The van der Waals surface area contributed by atoms with Crippen LogP contribution in [0, 0.1) is 5.41 Å². The Hall–Kier alpha value is -0.0800. The molecule has 11 heavy (non-hydrogen) atoms. The minimum absolute atomic E-state index is 0.0845. The van der Waals surface area contributed by atoms with Crippen LogP contribution in [0.5, 0.6) is 0 Å². The van der Waals surface area contributed by atoms with Crippen LogP contribution >= 0.6 is 0 Å². The first-order chi connectivity index (χ1) is 4.81. The van der Waals surface area contributed by atoms with Gasteiger partial charge in [-0.2, -0.15) is 0 Å². The SMILES string of the molecule is CC1(C)C[C@H](O)C[C@@](C)(O)C1. The van der Waals surface area contributed by atoms with Crippen molar-refractivity contribution in [1.82, 2.24) is 0 Å². The van der Waals surface area contributed by atoms with Crippen molar-refractivity contribution in [3.63, 3.8) is 0 Å². The average Bonchev–Trinajstić information content (AvgIpc) is 1.49. The normalized spacial score (nSPS) is 43.9. The fourth-order valence-electron chi connectivity index (χ4n) is 2.39. The first kappa shape index (κ1) is 9.01. The molecule has 0 aromatic rings. The van der Waals surface area contributed by atoms with Crippen LogP contribution in [-0.4, -0.2) is 21.9 Å². The Labute approximate surface area is 68.2 Å². The zero-order chi connectivity index (χ0) is 8.70. The number of hydrogen-bond donors (Lipinski definition) is 2. The predicted octanol–water partition coefficient (Wildman–Crippen LogP) is 1.31. The molecule has 0 unspecified atom stereocenters. The molecule has 1 aliphatic carbocycles. The van der Waals surface area contributed by atoms with E-state index in [9.17, 15) is 10.2 Å². The van der Waals surface area contributed by atoms with Crippen molar-refractivity contribution < 1.29 is 10.2 Å². The van der Waals surface area contributed by atoms with Gasteiger partial charge in [-0.05, 0) is 25.2 Å². The van der Waals surface area contributed by atoms with Crippen molar-refractivity contribution in [3.8, 4) is 0 Å². The van der Waals surface area contributed by atoms with E-state index in [-0.39, 0.29) is 11.5 Å². The number of rotatable bonds is 0. The molecule has 0 aromatic carbocycles. The highest BCUT2D eigenvalue weighted by atomic mass is 16.3. The Bertz CT molecular complexity index is 134. The van der Waals surface area contributed by atoms with Gasteiger partial charge in [0.2, 0.25) is 0 Å². The molecule has 0 aromatic heterocycles. The third kappa shape index (κ3) is 2.46. The first-order valence-corrected chi connectivity index (χ1v) is 4.21. The summed E-state index contributed by atoms with van der Waals surface area (Å²) >= 11 is 0. The summed E-state index contributed by atoms with van der Waals surface area (Å²) in [6.07, 6.45) is 1.80. The summed E-state index contributed by atoms with van der Waals surface area (Å²) in [5.41, 5.74) is -0.581. The summed E-state index contributed by atoms with van der Waals surface area (Å²) in [5.74, 6) is 0. The standard InChI is InChI=1S/C9H18O2/c1-8(2)4-7(10)5-9(3,11)6-8/h7,10-11H,4-6H2,1-3H3/t7-,9+/m0/s1. The molecule has 1 aliphatic rings. The van der Waals surface area contributed by atoms with Crippen LogP contribution in [-0.2, 0) is 0 Å². The minimum atomic E-state index is -0.666. The lowest BCUT2D eigenvalue weighted by atomic mass is 9.69. The van der Waals surface area contributed by atoms with Crippen LogP contribution in [0.25, 0.3) is 0 Å². The largest absolute Gasteiger partial charge is 0.393 e. The predicted molar refractivity (Wildman–Crippen MR) is 44.3 cm³/mol. The lowest BCUT2D eigenvalue weighted by Gasteiger charge is -2.41. The van der Waals surface area contributed by atoms with E-state index in [1.165, 1.54) is 0 Å². The third-order valence-electron chi connectivity index (χ3n) is 2.32. The van der Waals surface area contributed by atoms with Crippen LogP contribution in [0.2, 0.25) is 0 Å². The zero-order valence-electron chi connectivity index (χ0n) is 7.59. The summed E-state index contributed by atoms with van der Waals surface area (Å²) in [6.45, 7) is 5.98. The molecule has 1 fully saturated rings. The van der Waals surface area contributed by atoms with Gasteiger partial charge >= 0.3 is 0 Å². The Morgan fingerprint density at radius 1 is 1.18 bits per heavy atom. The first-order valence-electron chi connectivity index (χ1n) is 4.21. The summed E-state index contributed by atoms with van der Waals surface area (Å²) in [5, 5.41) is 19.1. The Morgan fingerprint density at radius 3 is 2.09 bits per heavy atom. The number of aliphatic hydroxyl groups is 2. The molecule has 0 saturated heterocycles. The quantitative estimate of drug-likeness (QED) is 0.558. The lowest BCUT2D eigenvalue weighted by Crippen LogP contribution is -2.42. The second-order valence-electron chi connectivity index (χ2n) is 4.90. The molecule has 0 spiro atoms. The van der Waals surface area contributed by atoms with E-state index < -0.39 is 5.60 Å². The van der Waals surface area contributed by atoms with E-state index in [0.717, 1.165) is 12.8 Å². The smallest absolute Gasteiger partial charge is 0.0649 e. The molecule has 2 heteroatoms. The maximum atomic E-state index is 9.72. The molecular formula is C9H18O2. The van der Waals surface area contributed by atoms with Crippen molar-refractivity contribution in [2.45, 2.75) is 51.7 Å². The number of aliphatic hydroxyl groups excluding tert-OH is 1. The van der Waals surface area contributed by atoms with Crippen LogP contribution in [0.3, 0.4) is 0 Å². The van der Waals surface area contributed by atoms with Gasteiger partial charge in [0.15, 0.2) is 0 Å². The van der Waals surface area contributed by atoms with E-state index in [0.29, 0.717) is 6.42 Å². The second-order valence-corrected chi connectivity index (χ2v) is 4.90. The van der Waals surface area contributed by atoms with E-state index in [1.807, 2.05) is 0 Å². The van der Waals surface area contributed by atoms with E-state index in [1.54, 1.807) is 6.92 Å². The monoisotopic (exact) mass is 158 g/mol. The average molecular weight is 158 g/mol. The maximum absolute atomic E-state index is 9.72. The lowest BCUT2D eigenvalue weighted by molar-refractivity contribution is -0.0765. The molecule has 0 aliphatic heterocycles. The molecule has 2 N–H and O–H groups in total. The van der Waals surface area contributed by atoms with E-state index in [4.69, 9.17) is 0 Å². The van der Waals surface area contributed by atoms with Gasteiger partial charge in [0.25, 0.3) is 0 Å². The molecule has 0 amide bonds. The van der Waals surface area contributed by atoms with Gasteiger partial charge in [-0.15, -0.1) is 0 Å². The van der Waals surface area contributed by atoms with Crippen LogP contribution in [0.4, 0.5) is 0 Å². The van der Waals surface area contributed by atoms with Crippen molar-refractivity contribution >= 4 is 0 Å². The third-order valence-corrected chi connectivity index (χ3v) is 2.32. The fourth-order valence-corrected chi connectivity index (χ4v) is 2.39. The molecule has 2 nitrogen and oxygen atoms in total. The van der Waals surface area contributed by atoms with Gasteiger partial charge in [-0.3, -0.25) is 0 Å². The zero-order valence-corrected chi connectivity index (χ0v) is 7.59. The van der Waals surface area contributed by atoms with Gasteiger partial charge in [-0.25, -0.2) is 0 Å². The van der Waals surface area contributed by atoms with E-state index in [2.05, 4.69) is 13.8 Å². The summed E-state index contributed by atoms with van der Waals surface area (Å²) in [6, 6.07) is 0. The second kappa shape index (κ2) is 2.46. The van der Waals surface area contributed by atoms with Gasteiger partial charge in [0.1, 0.15) is 0 Å². The fraction of sp³-hybridized carbons (Fsp3) is 1.00. The van der Waals surface area contributed by atoms with E-state index >= 15 is 0 Å². The Kier molecular flexibility index (Phi) is 2.01. The maximum Gasteiger partial charge on any atom is 0.0649 e. The highest BCUT2D eigenvalue weighted by Crippen LogP contribution is 2.40. The Balaban J connectivity index is 2.66. The van der Waals surface area contributed by atoms with Crippen molar-refractivity contribution in [3.05, 3.63) is 0 Å². The molecule has 0 radical (unpaired) electrons. The molecule has 0 bridgehead atoms. The van der Waals surface area contributed by atoms with Crippen LogP contribution in [0.1, 0.15) is 40.0 Å². The highest BCUT2D eigenvalue weighted by molar-refractivity contribution is 4.91. The molecule has 1 rings (SSSR count). The molecular weight excluding hydrogens is 140 g/mol. The summed E-state index contributed by atoms with van der Waals surface area (Å²) in [4.78, 5) is 0. The molecule has 2 atom stereocenters. The number of hydrogen-bond acceptors (Lipinski definition) is 2. The molecule has 1 saturated carbocycles. The van der Waals surface area contributed by atoms with Gasteiger partial charge in [0, 0.05) is 6.42 Å². The van der Waals surface area contributed by atoms with Crippen molar-refractivity contribution in [1.29, 1.82) is 0 Å². The van der Waals surface area contributed by atoms with Crippen molar-refractivity contribution in [2.75, 3.05) is 0 Å². The summed E-state index contributed by atoms with van der Waals surface area (Å²) in [7, 11) is 0. The van der Waals surface area contributed by atoms with Crippen LogP contribution < -0.4 is 0 Å².